The molecule has 0 radical (unpaired) electrons. The Morgan fingerprint density at radius 2 is 1.06 bits per heavy atom. The van der Waals surface area contributed by atoms with E-state index in [-0.39, 0.29) is 32.7 Å². The van der Waals surface area contributed by atoms with Gasteiger partial charge in [0.15, 0.2) is 8.07 Å². The van der Waals surface area contributed by atoms with Crippen LogP contribution in [0.2, 0.25) is 0 Å². The van der Waals surface area contributed by atoms with Gasteiger partial charge in [0, 0.05) is 50.5 Å². The largest absolute Gasteiger partial charge is 0.510 e. The van der Waals surface area contributed by atoms with Gasteiger partial charge < -0.3 is 13.9 Å². The van der Waals surface area contributed by atoms with Crippen LogP contribution in [0.3, 0.4) is 0 Å². The maximum absolute atomic E-state index is 10.3. The van der Waals surface area contributed by atoms with Crippen molar-refractivity contribution in [1.82, 2.24) is 14.1 Å². The molecule has 0 bridgehead atoms. The number of pyridine rings is 1. The van der Waals surface area contributed by atoms with Crippen molar-refractivity contribution < 1.29 is 31.7 Å². The third kappa shape index (κ3) is 8.51. The Labute approximate surface area is 478 Å². The number of nitrogens with zero attached hydrogens (tertiary/aromatic N) is 4. The maximum Gasteiger partial charge on any atom is 0.267 e. The Morgan fingerprint density at radius 3 is 1.76 bits per heavy atom. The summed E-state index contributed by atoms with van der Waals surface area (Å²) in [5.41, 5.74) is 12.6. The molecule has 0 spiro atoms. The molecule has 0 saturated carbocycles. The molecule has 0 fully saturated rings. The first-order valence-electron chi connectivity index (χ1n) is 27.0. The van der Waals surface area contributed by atoms with Crippen molar-refractivity contribution in [3.63, 3.8) is 0 Å². The van der Waals surface area contributed by atoms with E-state index in [1.807, 2.05) is 35.0 Å². The van der Waals surface area contributed by atoms with Gasteiger partial charge in [0.05, 0.1) is 12.8 Å². The van der Waals surface area contributed by atoms with Gasteiger partial charge in [-0.2, -0.15) is 18.2 Å². The van der Waals surface area contributed by atoms with Crippen molar-refractivity contribution in [1.29, 1.82) is 0 Å². The zero-order valence-corrected chi connectivity index (χ0v) is 47.0. The van der Waals surface area contributed by atoms with Crippen LogP contribution in [0.1, 0.15) is 27.7 Å². The van der Waals surface area contributed by atoms with Crippen LogP contribution in [0.15, 0.2) is 261 Å². The normalized spacial score (nSPS) is 12.1. The monoisotopic (exact) mass is 1210 g/mol. The number of hydrogen-bond acceptors (Lipinski definition) is 2. The molecule has 0 amide bonds. The van der Waals surface area contributed by atoms with Gasteiger partial charge in [-0.05, 0) is 99.9 Å². The molecule has 79 heavy (non-hydrogen) atoms. The summed E-state index contributed by atoms with van der Waals surface area (Å²) in [6, 6.07) is 95.8. The van der Waals surface area contributed by atoms with Crippen molar-refractivity contribution in [3.05, 3.63) is 285 Å². The summed E-state index contributed by atoms with van der Waals surface area (Å²) in [7, 11) is -2.90. The third-order valence-electron chi connectivity index (χ3n) is 15.4. The Balaban J connectivity index is 0.00000605. The second-order valence-electron chi connectivity index (χ2n) is 21.0. The second kappa shape index (κ2) is 20.1. The summed E-state index contributed by atoms with van der Waals surface area (Å²) >= 11 is 0. The van der Waals surface area contributed by atoms with Gasteiger partial charge in [-0.15, -0.1) is 29.7 Å². The first-order chi connectivity index (χ1) is 38.7. The molecule has 7 heteroatoms. The number of aromatic nitrogens is 4. The van der Waals surface area contributed by atoms with E-state index in [9.17, 15) is 1.37 Å². The van der Waals surface area contributed by atoms with Crippen LogP contribution < -0.4 is 30.1 Å². The number of imidazole rings is 1. The van der Waals surface area contributed by atoms with Crippen molar-refractivity contribution in [2.75, 3.05) is 0 Å². The van der Waals surface area contributed by atoms with E-state index >= 15 is 0 Å². The molecule has 5 nitrogen and oxygen atoms in total. The van der Waals surface area contributed by atoms with Crippen LogP contribution >= 0.6 is 0 Å². The topological polar surface area (TPSA) is 35.9 Å². The molecule has 0 unspecified atom stereocenters. The molecule has 1 aliphatic heterocycles. The fraction of sp³-hybridized carbons (Fsp3) is 0.0556. The number of rotatable bonds is 9. The number of benzene rings is 10. The van der Waals surface area contributed by atoms with Crippen molar-refractivity contribution >= 4 is 50.6 Å². The van der Waals surface area contributed by atoms with E-state index in [2.05, 4.69) is 273 Å². The summed E-state index contributed by atoms with van der Waals surface area (Å²) < 4.78 is 23.1. The molecule has 4 heterocycles. The predicted octanol–water partition coefficient (Wildman–Crippen LogP) is 14.1. The predicted molar refractivity (Wildman–Crippen MR) is 320 cm³/mol. The molecule has 3 aromatic heterocycles. The zero-order chi connectivity index (χ0) is 53.2. The standard InChI is InChI=1S/C72H52N4OSi.Pt/c1-72(2,3)51-42-43-73-70(45-51)76-67-39-18-17-36-64(67)65-41-40-54(47-68(65)76)77-53-24-20-23-52(46-53)74-48-69-63-35-16-15-33-61(63)60-32-13-14-34-62(60)66-38-21-37-59(71(66)75(69)49-74)50-22-19-31-58(44-50)78(55-25-7-4-8-26-55,56-27-9-5-10-28-56)57-29-11-6-12-30-57;/h4-45,48H,1-3H3;/q-2;/i48D;. The van der Waals surface area contributed by atoms with Gasteiger partial charge in [0.25, 0.3) is 6.33 Å². The Bertz CT molecular complexity index is 4370. The molecular weight excluding hydrogens is 1160 g/mol. The molecule has 10 aromatic carbocycles. The molecule has 14 rings (SSSR count). The van der Waals surface area contributed by atoms with E-state index in [1.54, 1.807) is 0 Å². The number of ether oxygens (including phenoxy) is 1. The van der Waals surface area contributed by atoms with Gasteiger partial charge in [0.2, 0.25) is 0 Å². The van der Waals surface area contributed by atoms with Crippen LogP contribution in [0, 0.1) is 18.5 Å². The van der Waals surface area contributed by atoms with Crippen LogP contribution in [-0.2, 0) is 26.5 Å². The number of hydrogen-bond donors (Lipinski definition) is 0. The van der Waals surface area contributed by atoms with Gasteiger partial charge >= 0.3 is 0 Å². The minimum absolute atomic E-state index is 0. The molecule has 0 saturated heterocycles. The molecule has 1 aliphatic rings. The smallest absolute Gasteiger partial charge is 0.267 e. The van der Waals surface area contributed by atoms with E-state index < -0.39 is 8.07 Å². The van der Waals surface area contributed by atoms with E-state index in [1.165, 1.54) is 26.3 Å². The first-order valence-corrected chi connectivity index (χ1v) is 28.5. The molecular formula is C72H52N4OPtSi-2. The third-order valence-corrected chi connectivity index (χ3v) is 20.2. The fourth-order valence-electron chi connectivity index (χ4n) is 11.8. The summed E-state index contributed by atoms with van der Waals surface area (Å²) in [6.07, 6.45) is 5.92. The van der Waals surface area contributed by atoms with Crippen LogP contribution in [0.25, 0.3) is 83.6 Å². The second-order valence-corrected chi connectivity index (χ2v) is 24.9. The van der Waals surface area contributed by atoms with Crippen molar-refractivity contribution in [2.45, 2.75) is 26.2 Å². The average molecular weight is 1210 g/mol. The minimum Gasteiger partial charge on any atom is -0.510 e. The summed E-state index contributed by atoms with van der Waals surface area (Å²) in [4.78, 5) is 4.88. The number of para-hydroxylation sites is 2. The maximum atomic E-state index is 10.3. The van der Waals surface area contributed by atoms with Crippen LogP contribution in [0.4, 0.5) is 0 Å². The van der Waals surface area contributed by atoms with Crippen LogP contribution in [-0.4, -0.2) is 22.2 Å². The van der Waals surface area contributed by atoms with E-state index in [0.29, 0.717) is 22.9 Å². The molecule has 13 aromatic rings. The minimum atomic E-state index is -2.90. The van der Waals surface area contributed by atoms with Crippen molar-refractivity contribution in [2.24, 2.45) is 0 Å². The molecule has 0 N–H and O–H groups in total. The van der Waals surface area contributed by atoms with Gasteiger partial charge in [-0.3, -0.25) is 4.57 Å². The van der Waals surface area contributed by atoms with Gasteiger partial charge in [0.1, 0.15) is 5.82 Å². The molecule has 0 atom stereocenters. The Hall–Kier alpha value is -8.93. The fourth-order valence-corrected chi connectivity index (χ4v) is 16.6. The van der Waals surface area contributed by atoms with Gasteiger partial charge in [-0.1, -0.05) is 226 Å². The zero-order valence-electron chi connectivity index (χ0n) is 44.8. The molecule has 382 valence electrons. The van der Waals surface area contributed by atoms with E-state index in [0.717, 1.165) is 72.3 Å². The van der Waals surface area contributed by atoms with E-state index in [4.69, 9.17) is 9.72 Å². The summed E-state index contributed by atoms with van der Waals surface area (Å²) in [5.74, 6) is 1.84. The average Bonchev–Trinajstić information content (AvgIpc) is 4.10. The number of fused-ring (bicyclic) bond motifs is 11. The van der Waals surface area contributed by atoms with Crippen LogP contribution in [0.5, 0.6) is 11.5 Å². The quantitative estimate of drug-likeness (QED) is 0.0625. The SMILES string of the molecule is [2H]c1c2[n+]([c-]n1-c1[c-]c(Oc3[c-]c4c(cc3)c3ccccc3n4-c3cc(C(C)(C)C)ccn3)ccc1)-c1c(-c3cccc([Si](c4ccccc4)(c4ccccc4)c4ccccc4)c3)cccc1-c1ccccc1-c1ccccc1-2.[Pt]. The van der Waals surface area contributed by atoms with Crippen molar-refractivity contribution in [3.8, 4) is 73.3 Å². The van der Waals surface area contributed by atoms with Gasteiger partial charge in [-0.25, -0.2) is 4.98 Å². The molecule has 0 aliphatic carbocycles. The Morgan fingerprint density at radius 1 is 0.506 bits per heavy atom. The Kier molecular flexibility index (Phi) is 12.3. The summed E-state index contributed by atoms with van der Waals surface area (Å²) in [5, 5.41) is 7.36. The summed E-state index contributed by atoms with van der Waals surface area (Å²) in [6.45, 7) is 6.66. The first kappa shape index (κ1) is 48.4.